The first-order valence-corrected chi connectivity index (χ1v) is 6.78. The van der Waals surface area contributed by atoms with Gasteiger partial charge < -0.3 is 9.84 Å². The summed E-state index contributed by atoms with van der Waals surface area (Å²) in [6, 6.07) is -0.259. The maximum absolute atomic E-state index is 11.5. The molecule has 0 aliphatic carbocycles. The molecule has 16 heavy (non-hydrogen) atoms. The minimum Gasteiger partial charge on any atom is -0.396 e. The number of hydrogen-bond donors (Lipinski definition) is 3. The van der Waals surface area contributed by atoms with Crippen LogP contribution in [0.1, 0.15) is 20.3 Å². The molecule has 0 aromatic heterocycles. The van der Waals surface area contributed by atoms with Crippen molar-refractivity contribution in [1.82, 2.24) is 9.44 Å². The van der Waals surface area contributed by atoms with Gasteiger partial charge in [0.2, 0.25) is 0 Å². The lowest BCUT2D eigenvalue weighted by atomic mass is 10.0. The van der Waals surface area contributed by atoms with Gasteiger partial charge in [-0.15, -0.1) is 0 Å². The van der Waals surface area contributed by atoms with Crippen molar-refractivity contribution in [2.45, 2.75) is 26.3 Å². The average Bonchev–Trinajstić information content (AvgIpc) is 2.17. The van der Waals surface area contributed by atoms with Crippen LogP contribution in [0.5, 0.6) is 0 Å². The zero-order chi connectivity index (χ0) is 12.6. The summed E-state index contributed by atoms with van der Waals surface area (Å²) < 4.78 is 32.7. The Balaban J connectivity index is 4.19. The minimum atomic E-state index is -3.51. The van der Waals surface area contributed by atoms with Crippen LogP contribution >= 0.6 is 0 Å². The molecule has 1 unspecified atom stereocenters. The number of aliphatic hydroxyl groups is 1. The van der Waals surface area contributed by atoms with Gasteiger partial charge in [-0.2, -0.15) is 17.9 Å². The lowest BCUT2D eigenvalue weighted by molar-refractivity contribution is 0.204. The minimum absolute atomic E-state index is 0.0383. The van der Waals surface area contributed by atoms with Crippen LogP contribution in [0.4, 0.5) is 0 Å². The Morgan fingerprint density at radius 2 is 2.00 bits per heavy atom. The molecule has 0 fully saturated rings. The lowest BCUT2D eigenvalue weighted by Gasteiger charge is -2.21. The fraction of sp³-hybridized carbons (Fsp3) is 1.00. The number of aliphatic hydroxyl groups excluding tert-OH is 1. The second kappa shape index (κ2) is 7.97. The summed E-state index contributed by atoms with van der Waals surface area (Å²) in [6.07, 6.45) is 0.406. The zero-order valence-electron chi connectivity index (χ0n) is 10.1. The van der Waals surface area contributed by atoms with E-state index < -0.39 is 10.2 Å². The van der Waals surface area contributed by atoms with Crippen LogP contribution in [-0.4, -0.2) is 46.4 Å². The molecule has 3 N–H and O–H groups in total. The normalized spacial score (nSPS) is 14.3. The van der Waals surface area contributed by atoms with Crippen molar-refractivity contribution in [2.75, 3.05) is 26.9 Å². The van der Waals surface area contributed by atoms with E-state index >= 15 is 0 Å². The maximum Gasteiger partial charge on any atom is 0.277 e. The third kappa shape index (κ3) is 7.13. The second-order valence-electron chi connectivity index (χ2n) is 3.87. The summed E-state index contributed by atoms with van der Waals surface area (Å²) in [6.45, 7) is 4.32. The summed E-state index contributed by atoms with van der Waals surface area (Å²) in [4.78, 5) is 0. The summed E-state index contributed by atoms with van der Waals surface area (Å²) in [7, 11) is -2.01. The van der Waals surface area contributed by atoms with Crippen molar-refractivity contribution in [3.8, 4) is 0 Å². The Bertz CT molecular complexity index is 267. The summed E-state index contributed by atoms with van der Waals surface area (Å²) in [5, 5.41) is 8.82. The number of rotatable bonds is 9. The smallest absolute Gasteiger partial charge is 0.277 e. The Morgan fingerprint density at radius 3 is 2.44 bits per heavy atom. The van der Waals surface area contributed by atoms with Crippen LogP contribution in [0.2, 0.25) is 0 Å². The third-order valence-corrected chi connectivity index (χ3v) is 3.35. The van der Waals surface area contributed by atoms with Crippen LogP contribution in [-0.2, 0) is 14.9 Å². The van der Waals surface area contributed by atoms with Crippen molar-refractivity contribution >= 4 is 10.2 Å². The van der Waals surface area contributed by atoms with Gasteiger partial charge in [-0.3, -0.25) is 0 Å². The highest BCUT2D eigenvalue weighted by Gasteiger charge is 2.19. The van der Waals surface area contributed by atoms with E-state index in [1.807, 2.05) is 13.8 Å². The van der Waals surface area contributed by atoms with E-state index in [1.54, 1.807) is 0 Å². The molecule has 0 aromatic carbocycles. The molecule has 0 rings (SSSR count). The molecule has 0 radical (unpaired) electrons. The van der Waals surface area contributed by atoms with Gasteiger partial charge in [-0.1, -0.05) is 13.8 Å². The number of ether oxygens (including phenoxy) is 1. The first kappa shape index (κ1) is 15.8. The topological polar surface area (TPSA) is 87.7 Å². The van der Waals surface area contributed by atoms with Gasteiger partial charge in [0.25, 0.3) is 10.2 Å². The highest BCUT2D eigenvalue weighted by atomic mass is 32.2. The van der Waals surface area contributed by atoms with Crippen LogP contribution in [0, 0.1) is 5.92 Å². The molecule has 0 saturated heterocycles. The predicted octanol–water partition coefficient (Wildman–Crippen LogP) is -0.536. The Morgan fingerprint density at radius 1 is 1.38 bits per heavy atom. The quantitative estimate of drug-likeness (QED) is 0.482. The molecular weight excluding hydrogens is 232 g/mol. The van der Waals surface area contributed by atoms with Gasteiger partial charge >= 0.3 is 0 Å². The molecule has 0 aromatic rings. The summed E-state index contributed by atoms with van der Waals surface area (Å²) >= 11 is 0. The largest absolute Gasteiger partial charge is 0.396 e. The monoisotopic (exact) mass is 254 g/mol. The molecule has 0 saturated carbocycles. The van der Waals surface area contributed by atoms with Gasteiger partial charge in [0, 0.05) is 26.3 Å². The Kier molecular flexibility index (Phi) is 7.86. The molecule has 0 spiro atoms. The number of hydrogen-bond acceptors (Lipinski definition) is 4. The molecule has 0 heterocycles. The molecular formula is C9H22N2O4S. The predicted molar refractivity (Wildman–Crippen MR) is 62.3 cm³/mol. The van der Waals surface area contributed by atoms with E-state index in [2.05, 4.69) is 9.44 Å². The van der Waals surface area contributed by atoms with Crippen molar-refractivity contribution in [1.29, 1.82) is 0 Å². The second-order valence-corrected chi connectivity index (χ2v) is 5.40. The molecule has 0 aliphatic rings. The maximum atomic E-state index is 11.5. The molecule has 7 heteroatoms. The number of methoxy groups -OCH3 is 1. The zero-order valence-corrected chi connectivity index (χ0v) is 10.9. The molecule has 0 amide bonds. The third-order valence-electron chi connectivity index (χ3n) is 2.15. The lowest BCUT2D eigenvalue weighted by Crippen LogP contribution is -2.46. The number of nitrogens with one attached hydrogen (secondary N) is 2. The van der Waals surface area contributed by atoms with Crippen molar-refractivity contribution in [2.24, 2.45) is 5.92 Å². The standard InChI is InChI=1S/C9H22N2O4S/c1-8(2)9(4-6-12)11-16(13,14)10-5-7-15-3/h8-12H,4-7H2,1-3H3. The van der Waals surface area contributed by atoms with E-state index in [-0.39, 0.29) is 25.1 Å². The van der Waals surface area contributed by atoms with E-state index in [1.165, 1.54) is 7.11 Å². The molecule has 98 valence electrons. The molecule has 0 aliphatic heterocycles. The first-order valence-electron chi connectivity index (χ1n) is 5.29. The van der Waals surface area contributed by atoms with Gasteiger partial charge in [0.15, 0.2) is 0 Å². The van der Waals surface area contributed by atoms with Crippen LogP contribution in [0.3, 0.4) is 0 Å². The van der Waals surface area contributed by atoms with Crippen LogP contribution < -0.4 is 9.44 Å². The highest BCUT2D eigenvalue weighted by Crippen LogP contribution is 2.06. The van der Waals surface area contributed by atoms with E-state index in [9.17, 15) is 8.42 Å². The Labute approximate surface area is 97.6 Å². The van der Waals surface area contributed by atoms with E-state index in [0.29, 0.717) is 13.0 Å². The van der Waals surface area contributed by atoms with Crippen molar-refractivity contribution in [3.63, 3.8) is 0 Å². The molecule has 1 atom stereocenters. The average molecular weight is 254 g/mol. The van der Waals surface area contributed by atoms with E-state index in [4.69, 9.17) is 9.84 Å². The summed E-state index contributed by atoms with van der Waals surface area (Å²) in [5.41, 5.74) is 0. The van der Waals surface area contributed by atoms with Gasteiger partial charge in [-0.05, 0) is 12.3 Å². The van der Waals surface area contributed by atoms with Crippen molar-refractivity contribution in [3.05, 3.63) is 0 Å². The molecule has 6 nitrogen and oxygen atoms in total. The van der Waals surface area contributed by atoms with Gasteiger partial charge in [0.1, 0.15) is 0 Å². The summed E-state index contributed by atoms with van der Waals surface area (Å²) in [5.74, 6) is 0.131. The Hall–Kier alpha value is -0.210. The fourth-order valence-electron chi connectivity index (χ4n) is 1.19. The van der Waals surface area contributed by atoms with Crippen LogP contribution in [0.15, 0.2) is 0 Å². The van der Waals surface area contributed by atoms with Gasteiger partial charge in [0.05, 0.1) is 6.61 Å². The first-order chi connectivity index (χ1) is 7.43. The SMILES string of the molecule is COCCNS(=O)(=O)NC(CCO)C(C)C. The van der Waals surface area contributed by atoms with Gasteiger partial charge in [-0.25, -0.2) is 0 Å². The molecule has 0 bridgehead atoms. The fourth-order valence-corrected chi connectivity index (χ4v) is 2.41. The van der Waals surface area contributed by atoms with Crippen molar-refractivity contribution < 1.29 is 18.3 Å². The highest BCUT2D eigenvalue weighted by molar-refractivity contribution is 7.87. The van der Waals surface area contributed by atoms with E-state index in [0.717, 1.165) is 0 Å². The van der Waals surface area contributed by atoms with Crippen LogP contribution in [0.25, 0.3) is 0 Å².